The second-order valence-corrected chi connectivity index (χ2v) is 11.9. The number of fused-ring (bicyclic) bond motifs is 7. The summed E-state index contributed by atoms with van der Waals surface area (Å²) < 4.78 is 2.48. The lowest BCUT2D eigenvalue weighted by Gasteiger charge is -2.15. The molecule has 200 valence electrons. The third kappa shape index (κ3) is 3.84. The van der Waals surface area contributed by atoms with Crippen LogP contribution in [0, 0.1) is 0 Å². The van der Waals surface area contributed by atoms with Gasteiger partial charge in [0.25, 0.3) is 0 Å². The van der Waals surface area contributed by atoms with Crippen LogP contribution in [0.1, 0.15) is 0 Å². The Kier molecular flexibility index (Phi) is 5.37. The van der Waals surface area contributed by atoms with Crippen LogP contribution in [0.5, 0.6) is 0 Å². The summed E-state index contributed by atoms with van der Waals surface area (Å²) in [4.78, 5) is 15.6. The monoisotopic (exact) mass is 565 g/mol. The van der Waals surface area contributed by atoms with Crippen molar-refractivity contribution in [3.63, 3.8) is 0 Å². The average molecular weight is 566 g/mol. The van der Waals surface area contributed by atoms with E-state index in [1.54, 1.807) is 11.3 Å². The number of hydrogen-bond donors (Lipinski definition) is 0. The molecule has 0 amide bonds. The van der Waals surface area contributed by atoms with E-state index in [1.807, 2.05) is 18.2 Å². The minimum atomic E-state index is 0.666. The molecule has 9 aromatic rings. The highest BCUT2D eigenvalue weighted by Crippen LogP contribution is 2.42. The van der Waals surface area contributed by atoms with Crippen LogP contribution in [-0.2, 0) is 0 Å². The Hall–Kier alpha value is -5.45. The Morgan fingerprint density at radius 3 is 1.95 bits per heavy atom. The smallest absolute Gasteiger partial charge is 0.165 e. The van der Waals surface area contributed by atoms with Gasteiger partial charge in [0.1, 0.15) is 0 Å². The second-order valence-electron chi connectivity index (χ2n) is 10.8. The molecular weight excluding hydrogens is 543 g/mol. The summed E-state index contributed by atoms with van der Waals surface area (Å²) in [6.45, 7) is 0. The molecule has 0 atom stereocenters. The zero-order valence-electron chi connectivity index (χ0n) is 23.0. The lowest BCUT2D eigenvalue weighted by molar-refractivity contribution is 1.08. The molecule has 0 fully saturated rings. The molecule has 0 aliphatic carbocycles. The summed E-state index contributed by atoms with van der Waals surface area (Å²) in [7, 11) is 0. The summed E-state index contributed by atoms with van der Waals surface area (Å²) >= 11 is 1.81. The van der Waals surface area contributed by atoms with E-state index >= 15 is 0 Å². The Balaban J connectivity index is 1.42. The highest BCUT2D eigenvalue weighted by atomic mass is 32.1. The van der Waals surface area contributed by atoms with Crippen LogP contribution in [0.4, 0.5) is 0 Å². The number of benzene rings is 7. The van der Waals surface area contributed by atoms with E-state index in [4.69, 9.17) is 15.0 Å². The summed E-state index contributed by atoms with van der Waals surface area (Å²) in [5, 5.41) is 9.47. The molecule has 0 saturated heterocycles. The van der Waals surface area contributed by atoms with Crippen LogP contribution in [-0.4, -0.2) is 15.0 Å². The first-order valence-electron chi connectivity index (χ1n) is 14.4. The van der Waals surface area contributed by atoms with Gasteiger partial charge in [-0.15, -0.1) is 11.3 Å². The molecule has 0 saturated carbocycles. The summed E-state index contributed by atoms with van der Waals surface area (Å²) in [6.07, 6.45) is 0. The SMILES string of the molecule is c1ccc(-c2nc(-c3c4ccccc4cc4c3ccc3ccccc34)nc(-c3cccc4sc5ccccc5c34)n2)cc1. The van der Waals surface area contributed by atoms with Gasteiger partial charge in [-0.1, -0.05) is 121 Å². The van der Waals surface area contributed by atoms with Gasteiger partial charge in [-0.2, -0.15) is 0 Å². The quantitative estimate of drug-likeness (QED) is 0.158. The molecule has 7 aromatic carbocycles. The van der Waals surface area contributed by atoms with Crippen LogP contribution in [0.15, 0.2) is 140 Å². The van der Waals surface area contributed by atoms with E-state index in [0.717, 1.165) is 32.8 Å². The molecule has 0 unspecified atom stereocenters. The van der Waals surface area contributed by atoms with E-state index in [2.05, 4.69) is 121 Å². The number of rotatable bonds is 3. The Morgan fingerprint density at radius 1 is 0.395 bits per heavy atom. The van der Waals surface area contributed by atoms with Gasteiger partial charge in [0, 0.05) is 36.9 Å². The number of thiophene rings is 1. The largest absolute Gasteiger partial charge is 0.208 e. The fraction of sp³-hybridized carbons (Fsp3) is 0. The predicted molar refractivity (Wildman–Crippen MR) is 182 cm³/mol. The standard InChI is InChI=1S/C39H23N3S/c1-2-12-25(13-3-1)37-40-38(31-18-10-20-34-35(31)30-17-8-9-19-33(30)43-34)42-39(41-37)36-28-16-7-5-14-26(28)23-32-27-15-6-4-11-24(27)21-22-29(32)36/h1-23H. The Morgan fingerprint density at radius 2 is 1.07 bits per heavy atom. The zero-order chi connectivity index (χ0) is 28.3. The fourth-order valence-corrected chi connectivity index (χ4v) is 7.48. The van der Waals surface area contributed by atoms with Gasteiger partial charge in [0.05, 0.1) is 0 Å². The molecule has 0 aliphatic rings. The van der Waals surface area contributed by atoms with Gasteiger partial charge in [-0.05, 0) is 50.5 Å². The highest BCUT2D eigenvalue weighted by molar-refractivity contribution is 7.25. The van der Waals surface area contributed by atoms with E-state index in [0.29, 0.717) is 17.5 Å². The molecule has 0 bridgehead atoms. The average Bonchev–Trinajstić information content (AvgIpc) is 3.46. The lowest BCUT2D eigenvalue weighted by atomic mass is 9.93. The lowest BCUT2D eigenvalue weighted by Crippen LogP contribution is -2.01. The van der Waals surface area contributed by atoms with Crippen molar-refractivity contribution in [2.45, 2.75) is 0 Å². The summed E-state index contributed by atoms with van der Waals surface area (Å²) in [5.74, 6) is 2.02. The van der Waals surface area contributed by atoms with Crippen molar-refractivity contribution in [2.24, 2.45) is 0 Å². The molecule has 0 radical (unpaired) electrons. The van der Waals surface area contributed by atoms with E-state index in [9.17, 15) is 0 Å². The van der Waals surface area contributed by atoms with Crippen molar-refractivity contribution in [1.82, 2.24) is 15.0 Å². The minimum absolute atomic E-state index is 0.666. The first-order chi connectivity index (χ1) is 21.3. The van der Waals surface area contributed by atoms with Gasteiger partial charge in [-0.3, -0.25) is 0 Å². The molecule has 2 aromatic heterocycles. The molecule has 3 nitrogen and oxygen atoms in total. The minimum Gasteiger partial charge on any atom is -0.208 e. The van der Waals surface area contributed by atoms with Crippen molar-refractivity contribution in [2.75, 3.05) is 0 Å². The number of nitrogens with zero attached hydrogens (tertiary/aromatic N) is 3. The van der Waals surface area contributed by atoms with Crippen molar-refractivity contribution in [3.8, 4) is 34.2 Å². The van der Waals surface area contributed by atoms with E-state index in [1.165, 1.54) is 36.3 Å². The van der Waals surface area contributed by atoms with E-state index < -0.39 is 0 Å². The second kappa shape index (κ2) is 9.55. The maximum absolute atomic E-state index is 5.30. The molecule has 43 heavy (non-hydrogen) atoms. The molecule has 9 rings (SSSR count). The maximum Gasteiger partial charge on any atom is 0.165 e. The summed E-state index contributed by atoms with van der Waals surface area (Å²) in [6, 6.07) is 49.1. The van der Waals surface area contributed by atoms with Gasteiger partial charge < -0.3 is 0 Å². The van der Waals surface area contributed by atoms with Crippen LogP contribution in [0.2, 0.25) is 0 Å². The Bertz CT molecular complexity index is 2510. The van der Waals surface area contributed by atoms with Crippen molar-refractivity contribution < 1.29 is 0 Å². The third-order valence-electron chi connectivity index (χ3n) is 8.30. The van der Waals surface area contributed by atoms with Crippen molar-refractivity contribution in [1.29, 1.82) is 0 Å². The fourth-order valence-electron chi connectivity index (χ4n) is 6.35. The van der Waals surface area contributed by atoms with Gasteiger partial charge in [-0.25, -0.2) is 15.0 Å². The molecular formula is C39H23N3S. The van der Waals surface area contributed by atoms with Gasteiger partial charge in [0.15, 0.2) is 17.5 Å². The number of aromatic nitrogens is 3. The first kappa shape index (κ1) is 24.2. The van der Waals surface area contributed by atoms with Crippen molar-refractivity contribution in [3.05, 3.63) is 140 Å². The Labute approximate surface area is 251 Å². The van der Waals surface area contributed by atoms with Gasteiger partial charge in [0.2, 0.25) is 0 Å². The highest BCUT2D eigenvalue weighted by Gasteiger charge is 2.20. The van der Waals surface area contributed by atoms with Crippen LogP contribution in [0.3, 0.4) is 0 Å². The molecule has 0 N–H and O–H groups in total. The van der Waals surface area contributed by atoms with Crippen LogP contribution >= 0.6 is 11.3 Å². The molecule has 0 spiro atoms. The third-order valence-corrected chi connectivity index (χ3v) is 9.44. The van der Waals surface area contributed by atoms with Crippen LogP contribution in [0.25, 0.3) is 86.7 Å². The first-order valence-corrected chi connectivity index (χ1v) is 15.2. The molecule has 0 aliphatic heterocycles. The van der Waals surface area contributed by atoms with E-state index in [-0.39, 0.29) is 0 Å². The normalized spacial score (nSPS) is 11.7. The zero-order valence-corrected chi connectivity index (χ0v) is 23.8. The van der Waals surface area contributed by atoms with Crippen molar-refractivity contribution >= 4 is 63.8 Å². The molecule has 2 heterocycles. The predicted octanol–water partition coefficient (Wildman–Crippen LogP) is 10.7. The van der Waals surface area contributed by atoms with Crippen LogP contribution < -0.4 is 0 Å². The van der Waals surface area contributed by atoms with Gasteiger partial charge >= 0.3 is 0 Å². The maximum atomic E-state index is 5.30. The number of hydrogen-bond acceptors (Lipinski definition) is 4. The topological polar surface area (TPSA) is 38.7 Å². The molecule has 4 heteroatoms. The summed E-state index contributed by atoms with van der Waals surface area (Å²) in [5.41, 5.74) is 3.01.